The van der Waals surface area contributed by atoms with Crippen molar-refractivity contribution in [1.82, 2.24) is 0 Å². The van der Waals surface area contributed by atoms with Gasteiger partial charge in [0.1, 0.15) is 17.9 Å². The van der Waals surface area contributed by atoms with Crippen LogP contribution in [0.4, 0.5) is 5.69 Å². The number of fused-ring (bicyclic) bond motifs is 1. The zero-order valence-electron chi connectivity index (χ0n) is 10.3. The van der Waals surface area contributed by atoms with E-state index in [0.717, 1.165) is 0 Å². The molecule has 0 unspecified atom stereocenters. The summed E-state index contributed by atoms with van der Waals surface area (Å²) in [5.41, 5.74) is 0.708. The molecule has 1 aliphatic rings. The zero-order valence-corrected chi connectivity index (χ0v) is 10.3. The first-order valence-corrected chi connectivity index (χ1v) is 5.61. The molecule has 5 nitrogen and oxygen atoms in total. The third-order valence-electron chi connectivity index (χ3n) is 2.71. The van der Waals surface area contributed by atoms with Gasteiger partial charge < -0.3 is 14.7 Å². The summed E-state index contributed by atoms with van der Waals surface area (Å²) >= 11 is 0. The molecule has 0 aliphatic carbocycles. The number of ether oxygens (including phenoxy) is 1. The number of carboxylic acids is 1. The normalized spacial score (nSPS) is 16.4. The van der Waals surface area contributed by atoms with E-state index in [0.29, 0.717) is 23.5 Å². The molecule has 0 saturated carbocycles. The van der Waals surface area contributed by atoms with E-state index in [4.69, 9.17) is 15.1 Å². The summed E-state index contributed by atoms with van der Waals surface area (Å²) in [4.78, 5) is 12.6. The Morgan fingerprint density at radius 2 is 2.33 bits per heavy atom. The molecule has 0 spiro atoms. The van der Waals surface area contributed by atoms with Crippen molar-refractivity contribution in [3.05, 3.63) is 23.8 Å². The predicted octanol–water partition coefficient (Wildman–Crippen LogP) is 1.62. The number of hydrogen-bond acceptors (Lipinski definition) is 4. The maximum absolute atomic E-state index is 10.9. The van der Waals surface area contributed by atoms with Crippen LogP contribution in [0.15, 0.2) is 18.2 Å². The molecule has 5 heteroatoms. The molecule has 0 atom stereocenters. The smallest absolute Gasteiger partial charge is 0.323 e. The molecule has 0 aromatic heterocycles. The molecule has 18 heavy (non-hydrogen) atoms. The Balaban J connectivity index is 2.44. The Kier molecular flexibility index (Phi) is 2.87. The topological polar surface area (TPSA) is 73.6 Å². The quantitative estimate of drug-likeness (QED) is 0.858. The van der Waals surface area contributed by atoms with E-state index in [1.165, 1.54) is 0 Å². The molecule has 0 saturated heterocycles. The third kappa shape index (κ3) is 2.38. The van der Waals surface area contributed by atoms with Crippen LogP contribution in [-0.4, -0.2) is 29.8 Å². The lowest BCUT2D eigenvalue weighted by Gasteiger charge is -2.40. The first-order valence-electron chi connectivity index (χ1n) is 5.61. The second-order valence-corrected chi connectivity index (χ2v) is 4.91. The maximum Gasteiger partial charge on any atom is 0.323 e. The van der Waals surface area contributed by atoms with Crippen molar-refractivity contribution in [3.8, 4) is 11.8 Å². The van der Waals surface area contributed by atoms with E-state index < -0.39 is 11.6 Å². The fourth-order valence-corrected chi connectivity index (χ4v) is 2.10. The highest BCUT2D eigenvalue weighted by molar-refractivity contribution is 5.76. The zero-order chi connectivity index (χ0) is 13.3. The summed E-state index contributed by atoms with van der Waals surface area (Å²) in [6, 6.07) is 7.08. The minimum Gasteiger partial charge on any atom is -0.484 e. The van der Waals surface area contributed by atoms with E-state index in [1.807, 2.05) is 19.9 Å². The van der Waals surface area contributed by atoms with E-state index in [1.54, 1.807) is 23.1 Å². The van der Waals surface area contributed by atoms with Gasteiger partial charge in [0.25, 0.3) is 0 Å². The van der Waals surface area contributed by atoms with Gasteiger partial charge in [-0.05, 0) is 32.0 Å². The molecule has 2 rings (SSSR count). The van der Waals surface area contributed by atoms with Gasteiger partial charge in [-0.1, -0.05) is 0 Å². The highest BCUT2D eigenvalue weighted by atomic mass is 16.5. The molecule has 94 valence electrons. The van der Waals surface area contributed by atoms with Gasteiger partial charge in [-0.2, -0.15) is 5.26 Å². The van der Waals surface area contributed by atoms with Gasteiger partial charge in [-0.25, -0.2) is 0 Å². The number of rotatable bonds is 2. The van der Waals surface area contributed by atoms with Crippen LogP contribution >= 0.6 is 0 Å². The molecular weight excluding hydrogens is 232 g/mol. The number of nitrogens with zero attached hydrogens (tertiary/aromatic N) is 2. The first-order chi connectivity index (χ1) is 8.41. The molecule has 1 aromatic rings. The van der Waals surface area contributed by atoms with Crippen LogP contribution in [-0.2, 0) is 4.79 Å². The van der Waals surface area contributed by atoms with Gasteiger partial charge >= 0.3 is 5.97 Å². The highest BCUT2D eigenvalue weighted by Gasteiger charge is 2.32. The summed E-state index contributed by atoms with van der Waals surface area (Å²) in [5, 5.41) is 17.8. The first kappa shape index (κ1) is 12.2. The van der Waals surface area contributed by atoms with Crippen molar-refractivity contribution in [2.45, 2.75) is 19.4 Å². The highest BCUT2D eigenvalue weighted by Crippen LogP contribution is 2.37. The van der Waals surface area contributed by atoms with Crippen molar-refractivity contribution in [2.24, 2.45) is 0 Å². The molecule has 1 aliphatic heterocycles. The fourth-order valence-electron chi connectivity index (χ4n) is 2.10. The SMILES string of the molecule is CC1(C)CN(CC(=O)O)c2cc(C#N)ccc2O1. The van der Waals surface area contributed by atoms with Crippen molar-refractivity contribution >= 4 is 11.7 Å². The van der Waals surface area contributed by atoms with Gasteiger partial charge in [0.15, 0.2) is 0 Å². The van der Waals surface area contributed by atoms with Crippen LogP contribution in [0.2, 0.25) is 0 Å². The lowest BCUT2D eigenvalue weighted by atomic mass is 10.0. The monoisotopic (exact) mass is 246 g/mol. The third-order valence-corrected chi connectivity index (χ3v) is 2.71. The molecule has 1 aromatic carbocycles. The van der Waals surface area contributed by atoms with Crippen molar-refractivity contribution in [3.63, 3.8) is 0 Å². The van der Waals surface area contributed by atoms with Crippen LogP contribution in [0.25, 0.3) is 0 Å². The second kappa shape index (κ2) is 4.22. The predicted molar refractivity (Wildman–Crippen MR) is 65.7 cm³/mol. The summed E-state index contributed by atoms with van der Waals surface area (Å²) in [7, 11) is 0. The average Bonchev–Trinajstić information content (AvgIpc) is 2.26. The Hall–Kier alpha value is -2.22. The number of aliphatic carboxylic acids is 1. The van der Waals surface area contributed by atoms with Crippen molar-refractivity contribution in [1.29, 1.82) is 5.26 Å². The maximum atomic E-state index is 10.9. The van der Waals surface area contributed by atoms with E-state index in [2.05, 4.69) is 0 Å². The second-order valence-electron chi connectivity index (χ2n) is 4.91. The number of anilines is 1. The van der Waals surface area contributed by atoms with Crippen LogP contribution in [0.1, 0.15) is 19.4 Å². The van der Waals surface area contributed by atoms with Crippen molar-refractivity contribution < 1.29 is 14.6 Å². The summed E-state index contributed by atoms with van der Waals surface area (Å²) in [6.07, 6.45) is 0. The van der Waals surface area contributed by atoms with Crippen LogP contribution in [0.3, 0.4) is 0 Å². The average molecular weight is 246 g/mol. The molecule has 0 amide bonds. The van der Waals surface area contributed by atoms with Crippen molar-refractivity contribution in [2.75, 3.05) is 18.0 Å². The molecular formula is C13H14N2O3. The molecule has 1 N–H and O–H groups in total. The largest absolute Gasteiger partial charge is 0.484 e. The summed E-state index contributed by atoms with van der Waals surface area (Å²) in [5.74, 6) is -0.285. The molecule has 1 heterocycles. The Morgan fingerprint density at radius 1 is 1.61 bits per heavy atom. The molecule has 0 bridgehead atoms. The number of carboxylic acid groups (broad SMARTS) is 1. The van der Waals surface area contributed by atoms with E-state index in [-0.39, 0.29) is 6.54 Å². The Bertz CT molecular complexity index is 532. The van der Waals surface area contributed by atoms with E-state index in [9.17, 15) is 4.79 Å². The summed E-state index contributed by atoms with van der Waals surface area (Å²) < 4.78 is 5.79. The Morgan fingerprint density at radius 3 is 2.94 bits per heavy atom. The Labute approximate surface area is 105 Å². The summed E-state index contributed by atoms with van der Waals surface area (Å²) in [6.45, 7) is 4.18. The minimum atomic E-state index is -0.902. The van der Waals surface area contributed by atoms with E-state index >= 15 is 0 Å². The fraction of sp³-hybridized carbons (Fsp3) is 0.385. The van der Waals surface area contributed by atoms with Gasteiger partial charge in [0, 0.05) is 0 Å². The van der Waals surface area contributed by atoms with Crippen LogP contribution < -0.4 is 9.64 Å². The molecule has 0 radical (unpaired) electrons. The number of carbonyl (C=O) groups is 1. The number of hydrogen-bond donors (Lipinski definition) is 1. The lowest BCUT2D eigenvalue weighted by Crippen LogP contribution is -2.48. The van der Waals surface area contributed by atoms with Gasteiger partial charge in [-0.15, -0.1) is 0 Å². The number of nitriles is 1. The van der Waals surface area contributed by atoms with Crippen LogP contribution in [0.5, 0.6) is 5.75 Å². The van der Waals surface area contributed by atoms with Gasteiger partial charge in [-0.3, -0.25) is 4.79 Å². The standard InChI is InChI=1S/C13H14N2O3/c1-13(2)8-15(7-12(16)17)10-5-9(6-14)3-4-11(10)18-13/h3-5H,7-8H2,1-2H3,(H,16,17). The minimum absolute atomic E-state index is 0.103. The number of benzene rings is 1. The van der Waals surface area contributed by atoms with Crippen LogP contribution in [0, 0.1) is 11.3 Å². The van der Waals surface area contributed by atoms with Gasteiger partial charge in [0.05, 0.1) is 23.9 Å². The lowest BCUT2D eigenvalue weighted by molar-refractivity contribution is -0.135. The van der Waals surface area contributed by atoms with Gasteiger partial charge in [0.2, 0.25) is 0 Å². The molecule has 0 fully saturated rings.